The molecule has 0 heterocycles. The summed E-state index contributed by atoms with van der Waals surface area (Å²) in [5.74, 6) is 1.08. The quantitative estimate of drug-likeness (QED) is 0.683. The van der Waals surface area contributed by atoms with E-state index in [1.807, 2.05) is 25.1 Å². The van der Waals surface area contributed by atoms with E-state index in [1.165, 1.54) is 0 Å². The van der Waals surface area contributed by atoms with Crippen molar-refractivity contribution in [2.45, 2.75) is 13.0 Å². The van der Waals surface area contributed by atoms with Crippen LogP contribution in [0, 0.1) is 6.92 Å². The Kier molecular flexibility index (Phi) is 3.57. The Morgan fingerprint density at radius 3 is 2.53 bits per heavy atom. The van der Waals surface area contributed by atoms with Crippen molar-refractivity contribution < 1.29 is 4.74 Å². The van der Waals surface area contributed by atoms with Crippen LogP contribution in [0.4, 0.5) is 0 Å². The van der Waals surface area contributed by atoms with Gasteiger partial charge in [0.1, 0.15) is 5.75 Å². The summed E-state index contributed by atoms with van der Waals surface area (Å²) in [6.07, 6.45) is 1.61. The predicted molar refractivity (Wildman–Crippen MR) is 61.1 cm³/mol. The number of hydrogen-bond donors (Lipinski definition) is 3. The Hall–Kier alpha value is -1.68. The van der Waals surface area contributed by atoms with E-state index in [-0.39, 0.29) is 11.9 Å². The van der Waals surface area contributed by atoms with E-state index in [1.54, 1.807) is 13.2 Å². The van der Waals surface area contributed by atoms with Crippen molar-refractivity contribution in [3.8, 4) is 5.75 Å². The SMILES string of the molecule is COc1ccc(C(N)C=C(N)N)cc1C. The topological polar surface area (TPSA) is 87.3 Å². The Bertz CT molecular complexity index is 370. The second-order valence-electron chi connectivity index (χ2n) is 3.42. The maximum Gasteiger partial charge on any atom is 0.121 e. The number of aryl methyl sites for hydroxylation is 1. The molecule has 0 radical (unpaired) electrons. The molecule has 1 unspecified atom stereocenters. The van der Waals surface area contributed by atoms with Gasteiger partial charge >= 0.3 is 0 Å². The van der Waals surface area contributed by atoms with E-state index >= 15 is 0 Å². The summed E-state index contributed by atoms with van der Waals surface area (Å²) in [6, 6.07) is 5.46. The van der Waals surface area contributed by atoms with Crippen LogP contribution in [-0.4, -0.2) is 7.11 Å². The third-order valence-electron chi connectivity index (χ3n) is 2.18. The first kappa shape index (κ1) is 11.4. The zero-order valence-corrected chi connectivity index (χ0v) is 9.03. The summed E-state index contributed by atoms with van der Waals surface area (Å²) in [4.78, 5) is 0. The maximum absolute atomic E-state index is 5.88. The largest absolute Gasteiger partial charge is 0.496 e. The molecule has 4 heteroatoms. The third-order valence-corrected chi connectivity index (χ3v) is 2.18. The molecule has 1 rings (SSSR count). The van der Waals surface area contributed by atoms with Crippen LogP contribution in [0.5, 0.6) is 5.75 Å². The minimum atomic E-state index is -0.278. The molecule has 1 atom stereocenters. The van der Waals surface area contributed by atoms with Gasteiger partial charge < -0.3 is 21.9 Å². The molecule has 0 aliphatic rings. The first-order valence-electron chi connectivity index (χ1n) is 4.67. The van der Waals surface area contributed by atoms with Crippen LogP contribution in [0.3, 0.4) is 0 Å². The molecule has 0 bridgehead atoms. The molecule has 0 saturated heterocycles. The summed E-state index contributed by atoms with van der Waals surface area (Å²) < 4.78 is 5.16. The van der Waals surface area contributed by atoms with Crippen molar-refractivity contribution in [2.24, 2.45) is 17.2 Å². The number of benzene rings is 1. The van der Waals surface area contributed by atoms with Crippen LogP contribution in [0.2, 0.25) is 0 Å². The fourth-order valence-corrected chi connectivity index (χ4v) is 1.41. The Morgan fingerprint density at radius 1 is 1.40 bits per heavy atom. The van der Waals surface area contributed by atoms with Crippen molar-refractivity contribution in [2.75, 3.05) is 7.11 Å². The number of nitrogens with two attached hydrogens (primary N) is 3. The molecule has 0 saturated carbocycles. The molecule has 1 aromatic carbocycles. The normalized spacial score (nSPS) is 11.9. The molecule has 6 N–H and O–H groups in total. The lowest BCUT2D eigenvalue weighted by molar-refractivity contribution is 0.411. The summed E-state index contributed by atoms with van der Waals surface area (Å²) in [5, 5.41) is 0. The van der Waals surface area contributed by atoms with Gasteiger partial charge in [-0.15, -0.1) is 0 Å². The average molecular weight is 207 g/mol. The molecule has 0 spiro atoms. The van der Waals surface area contributed by atoms with Crippen molar-refractivity contribution in [3.05, 3.63) is 41.2 Å². The van der Waals surface area contributed by atoms with E-state index in [0.29, 0.717) is 0 Å². The molecule has 0 fully saturated rings. The Labute approximate surface area is 89.7 Å². The lowest BCUT2D eigenvalue weighted by atomic mass is 10.0. The molecule has 1 aromatic rings. The van der Waals surface area contributed by atoms with Gasteiger partial charge in [-0.3, -0.25) is 0 Å². The van der Waals surface area contributed by atoms with Crippen LogP contribution < -0.4 is 21.9 Å². The molecule has 15 heavy (non-hydrogen) atoms. The number of methoxy groups -OCH3 is 1. The van der Waals surface area contributed by atoms with Crippen LogP contribution in [0.15, 0.2) is 30.1 Å². The lowest BCUT2D eigenvalue weighted by Crippen LogP contribution is -2.15. The van der Waals surface area contributed by atoms with Gasteiger partial charge in [0.2, 0.25) is 0 Å². The van der Waals surface area contributed by atoms with Gasteiger partial charge in [0.15, 0.2) is 0 Å². The standard InChI is InChI=1S/C11H17N3O/c1-7-5-8(3-4-10(7)15-2)9(12)6-11(13)14/h3-6,9H,12-14H2,1-2H3. The van der Waals surface area contributed by atoms with Gasteiger partial charge in [-0.2, -0.15) is 0 Å². The second-order valence-corrected chi connectivity index (χ2v) is 3.42. The Balaban J connectivity index is 2.97. The third kappa shape index (κ3) is 2.89. The highest BCUT2D eigenvalue weighted by Gasteiger charge is 2.05. The molecular formula is C11H17N3O. The van der Waals surface area contributed by atoms with Crippen LogP contribution in [0.25, 0.3) is 0 Å². The summed E-state index contributed by atoms with van der Waals surface area (Å²) >= 11 is 0. The van der Waals surface area contributed by atoms with E-state index in [4.69, 9.17) is 21.9 Å². The second kappa shape index (κ2) is 4.70. The first-order chi connectivity index (χ1) is 7.04. The molecule has 82 valence electrons. The number of rotatable bonds is 3. The molecule has 0 aliphatic carbocycles. The summed E-state index contributed by atoms with van der Waals surface area (Å²) in [6.45, 7) is 1.96. The fourth-order valence-electron chi connectivity index (χ4n) is 1.41. The molecule has 0 aromatic heterocycles. The van der Waals surface area contributed by atoms with Crippen molar-refractivity contribution in [1.29, 1.82) is 0 Å². The maximum atomic E-state index is 5.88. The zero-order chi connectivity index (χ0) is 11.4. The van der Waals surface area contributed by atoms with Crippen LogP contribution in [-0.2, 0) is 0 Å². The van der Waals surface area contributed by atoms with Crippen molar-refractivity contribution >= 4 is 0 Å². The van der Waals surface area contributed by atoms with Gasteiger partial charge in [0, 0.05) is 0 Å². The molecule has 4 nitrogen and oxygen atoms in total. The fraction of sp³-hybridized carbons (Fsp3) is 0.273. The van der Waals surface area contributed by atoms with Gasteiger partial charge in [-0.25, -0.2) is 0 Å². The van der Waals surface area contributed by atoms with E-state index < -0.39 is 0 Å². The minimum absolute atomic E-state index is 0.232. The van der Waals surface area contributed by atoms with E-state index in [0.717, 1.165) is 16.9 Å². The lowest BCUT2D eigenvalue weighted by Gasteiger charge is -2.11. The predicted octanol–water partition coefficient (Wildman–Crippen LogP) is 0.762. The monoisotopic (exact) mass is 207 g/mol. The minimum Gasteiger partial charge on any atom is -0.496 e. The van der Waals surface area contributed by atoms with Gasteiger partial charge in [-0.05, 0) is 30.2 Å². The van der Waals surface area contributed by atoms with Gasteiger partial charge in [0.25, 0.3) is 0 Å². The molecule has 0 amide bonds. The van der Waals surface area contributed by atoms with E-state index in [2.05, 4.69) is 0 Å². The van der Waals surface area contributed by atoms with Crippen molar-refractivity contribution in [3.63, 3.8) is 0 Å². The highest BCUT2D eigenvalue weighted by molar-refractivity contribution is 5.38. The van der Waals surface area contributed by atoms with Crippen LogP contribution in [0.1, 0.15) is 17.2 Å². The van der Waals surface area contributed by atoms with Crippen molar-refractivity contribution in [1.82, 2.24) is 0 Å². The first-order valence-corrected chi connectivity index (χ1v) is 4.67. The average Bonchev–Trinajstić information content (AvgIpc) is 2.16. The highest BCUT2D eigenvalue weighted by Crippen LogP contribution is 2.21. The van der Waals surface area contributed by atoms with Crippen LogP contribution >= 0.6 is 0 Å². The number of ether oxygens (including phenoxy) is 1. The molecule has 0 aliphatic heterocycles. The smallest absolute Gasteiger partial charge is 0.121 e. The van der Waals surface area contributed by atoms with Gasteiger partial charge in [0.05, 0.1) is 19.0 Å². The van der Waals surface area contributed by atoms with Gasteiger partial charge in [-0.1, -0.05) is 12.1 Å². The molecular weight excluding hydrogens is 190 g/mol. The highest BCUT2D eigenvalue weighted by atomic mass is 16.5. The van der Waals surface area contributed by atoms with E-state index in [9.17, 15) is 0 Å². The summed E-state index contributed by atoms with van der Waals surface area (Å²) in [7, 11) is 1.64. The summed E-state index contributed by atoms with van der Waals surface area (Å²) in [5.41, 5.74) is 18.6. The number of hydrogen-bond acceptors (Lipinski definition) is 4. The Morgan fingerprint density at radius 2 is 2.07 bits per heavy atom. The zero-order valence-electron chi connectivity index (χ0n) is 9.03.